The highest BCUT2D eigenvalue weighted by Crippen LogP contribution is 2.23. The number of furan rings is 1. The summed E-state index contributed by atoms with van der Waals surface area (Å²) in [6.45, 7) is 1.69. The Balaban J connectivity index is 1.44. The second-order valence-electron chi connectivity index (χ2n) is 5.80. The molecule has 0 spiro atoms. The van der Waals surface area contributed by atoms with Crippen LogP contribution in [0.25, 0.3) is 0 Å². The van der Waals surface area contributed by atoms with Crippen LogP contribution in [0.1, 0.15) is 18.3 Å². The molecule has 2 heterocycles. The number of anilines is 1. The molecule has 2 unspecified atom stereocenters. The summed E-state index contributed by atoms with van der Waals surface area (Å²) < 4.78 is 5.09. The number of nitrogens with one attached hydrogen (secondary N) is 2. The van der Waals surface area contributed by atoms with Gasteiger partial charge >= 0.3 is 6.03 Å². The van der Waals surface area contributed by atoms with Crippen LogP contribution >= 0.6 is 11.6 Å². The highest BCUT2D eigenvalue weighted by Gasteiger charge is 2.24. The molecule has 7 heteroatoms. The van der Waals surface area contributed by atoms with E-state index in [2.05, 4.69) is 15.5 Å². The number of benzene rings is 1. The van der Waals surface area contributed by atoms with Gasteiger partial charge in [0.25, 0.3) is 0 Å². The Morgan fingerprint density at radius 3 is 3.04 bits per heavy atom. The van der Waals surface area contributed by atoms with Gasteiger partial charge in [0.2, 0.25) is 0 Å². The molecule has 0 radical (unpaired) electrons. The number of urea groups is 1. The maximum atomic E-state index is 12.0. The number of amides is 2. The van der Waals surface area contributed by atoms with Crippen molar-refractivity contribution >= 4 is 23.3 Å². The van der Waals surface area contributed by atoms with Gasteiger partial charge in [-0.05, 0) is 36.8 Å². The first-order chi connectivity index (χ1) is 11.6. The summed E-state index contributed by atoms with van der Waals surface area (Å²) in [6, 6.07) is 10.8. The Kier molecular flexibility index (Phi) is 5.27. The van der Waals surface area contributed by atoms with Crippen molar-refractivity contribution in [3.63, 3.8) is 0 Å². The third-order valence-electron chi connectivity index (χ3n) is 4.02. The lowest BCUT2D eigenvalue weighted by molar-refractivity contribution is 0.147. The quantitative estimate of drug-likeness (QED) is 0.775. The number of aliphatic hydroxyl groups excluding tert-OH is 1. The highest BCUT2D eigenvalue weighted by molar-refractivity contribution is 6.30. The number of carbonyl (C=O) groups is 1. The van der Waals surface area contributed by atoms with Gasteiger partial charge in [0.1, 0.15) is 11.9 Å². The zero-order chi connectivity index (χ0) is 16.9. The molecular formula is C17H20ClN3O3. The van der Waals surface area contributed by atoms with E-state index < -0.39 is 6.10 Å². The van der Waals surface area contributed by atoms with Gasteiger partial charge in [0.05, 0.1) is 12.8 Å². The van der Waals surface area contributed by atoms with Gasteiger partial charge in [-0.3, -0.25) is 0 Å². The summed E-state index contributed by atoms with van der Waals surface area (Å²) >= 11 is 6.02. The highest BCUT2D eigenvalue weighted by atomic mass is 35.5. The molecule has 2 aromatic rings. The second-order valence-corrected chi connectivity index (χ2v) is 6.23. The summed E-state index contributed by atoms with van der Waals surface area (Å²) in [6.07, 6.45) is 1.50. The summed E-state index contributed by atoms with van der Waals surface area (Å²) in [5.74, 6) is 0.434. The minimum atomic E-state index is -0.850. The van der Waals surface area contributed by atoms with Gasteiger partial charge in [-0.25, -0.2) is 4.79 Å². The van der Waals surface area contributed by atoms with Crippen molar-refractivity contribution in [1.29, 1.82) is 0 Å². The number of halogens is 1. The van der Waals surface area contributed by atoms with Crippen LogP contribution in [0.3, 0.4) is 0 Å². The van der Waals surface area contributed by atoms with Crippen LogP contribution < -0.4 is 15.5 Å². The van der Waals surface area contributed by atoms with Crippen molar-refractivity contribution in [2.45, 2.75) is 18.6 Å². The summed E-state index contributed by atoms with van der Waals surface area (Å²) in [5.41, 5.74) is 1.06. The predicted octanol–water partition coefficient (Wildman–Crippen LogP) is 2.54. The molecule has 1 fully saturated rings. The SMILES string of the molecule is O=C(NCC(O)c1ccco1)NC1CCN(c2cccc(Cl)c2)C1. The van der Waals surface area contributed by atoms with Crippen molar-refractivity contribution in [2.75, 3.05) is 24.5 Å². The maximum Gasteiger partial charge on any atom is 0.315 e. The number of nitrogens with zero attached hydrogens (tertiary/aromatic N) is 1. The standard InChI is InChI=1S/C17H20ClN3O3/c18-12-3-1-4-14(9-12)21-7-6-13(11-21)20-17(23)19-10-15(22)16-5-2-8-24-16/h1-5,8-9,13,15,22H,6-7,10-11H2,(H2,19,20,23). The van der Waals surface area contributed by atoms with Gasteiger partial charge in [0, 0.05) is 29.8 Å². The lowest BCUT2D eigenvalue weighted by Crippen LogP contribution is -2.44. The lowest BCUT2D eigenvalue weighted by atomic mass is 10.2. The Morgan fingerprint density at radius 1 is 1.42 bits per heavy atom. The maximum absolute atomic E-state index is 12.0. The lowest BCUT2D eigenvalue weighted by Gasteiger charge is -2.19. The minimum Gasteiger partial charge on any atom is -0.467 e. The normalized spacial score (nSPS) is 18.4. The summed E-state index contributed by atoms with van der Waals surface area (Å²) in [7, 11) is 0. The van der Waals surface area contributed by atoms with Crippen LogP contribution in [-0.2, 0) is 0 Å². The van der Waals surface area contributed by atoms with Crippen molar-refractivity contribution in [1.82, 2.24) is 10.6 Å². The third kappa shape index (κ3) is 4.21. The molecule has 2 atom stereocenters. The third-order valence-corrected chi connectivity index (χ3v) is 4.26. The number of hydrogen-bond donors (Lipinski definition) is 3. The predicted molar refractivity (Wildman–Crippen MR) is 92.3 cm³/mol. The average molecular weight is 350 g/mol. The van der Waals surface area contributed by atoms with E-state index in [1.54, 1.807) is 12.1 Å². The van der Waals surface area contributed by atoms with Gasteiger partial charge in [-0.1, -0.05) is 17.7 Å². The number of carbonyl (C=O) groups excluding carboxylic acids is 1. The van der Waals surface area contributed by atoms with Crippen LogP contribution in [0.2, 0.25) is 5.02 Å². The van der Waals surface area contributed by atoms with Crippen LogP contribution in [-0.4, -0.2) is 36.8 Å². The number of hydrogen-bond acceptors (Lipinski definition) is 4. The molecule has 0 aliphatic carbocycles. The number of aliphatic hydroxyl groups is 1. The first-order valence-corrected chi connectivity index (χ1v) is 8.26. The van der Waals surface area contributed by atoms with E-state index in [-0.39, 0.29) is 18.6 Å². The molecule has 1 aliphatic heterocycles. The van der Waals surface area contributed by atoms with Crippen LogP contribution in [0.4, 0.5) is 10.5 Å². The van der Waals surface area contributed by atoms with Crippen molar-refractivity contribution in [3.8, 4) is 0 Å². The van der Waals surface area contributed by atoms with E-state index in [0.717, 1.165) is 25.2 Å². The molecule has 3 rings (SSSR count). The molecule has 1 aromatic carbocycles. The van der Waals surface area contributed by atoms with E-state index >= 15 is 0 Å². The Hall–Kier alpha value is -2.18. The molecule has 3 N–H and O–H groups in total. The Bertz CT molecular complexity index is 677. The average Bonchev–Trinajstić information content (AvgIpc) is 3.24. The molecule has 0 bridgehead atoms. The Morgan fingerprint density at radius 2 is 2.29 bits per heavy atom. The molecule has 24 heavy (non-hydrogen) atoms. The first-order valence-electron chi connectivity index (χ1n) is 7.88. The van der Waals surface area contributed by atoms with Crippen LogP contribution in [0.15, 0.2) is 47.1 Å². The molecule has 128 valence electrons. The van der Waals surface area contributed by atoms with E-state index in [9.17, 15) is 9.90 Å². The van der Waals surface area contributed by atoms with Gasteiger partial charge in [0.15, 0.2) is 0 Å². The fraction of sp³-hybridized carbons (Fsp3) is 0.353. The van der Waals surface area contributed by atoms with E-state index in [4.69, 9.17) is 16.0 Å². The van der Waals surface area contributed by atoms with Gasteiger partial charge in [-0.2, -0.15) is 0 Å². The van der Waals surface area contributed by atoms with E-state index in [1.807, 2.05) is 24.3 Å². The largest absolute Gasteiger partial charge is 0.467 e. The zero-order valence-electron chi connectivity index (χ0n) is 13.1. The van der Waals surface area contributed by atoms with Crippen molar-refractivity contribution < 1.29 is 14.3 Å². The summed E-state index contributed by atoms with van der Waals surface area (Å²) in [5, 5.41) is 16.2. The zero-order valence-corrected chi connectivity index (χ0v) is 13.9. The molecule has 0 saturated carbocycles. The molecule has 1 aliphatic rings. The van der Waals surface area contributed by atoms with Crippen molar-refractivity contribution in [2.24, 2.45) is 0 Å². The van der Waals surface area contributed by atoms with Crippen LogP contribution in [0.5, 0.6) is 0 Å². The number of rotatable bonds is 5. The molecule has 1 saturated heterocycles. The second kappa shape index (κ2) is 7.59. The topological polar surface area (TPSA) is 77.7 Å². The summed E-state index contributed by atoms with van der Waals surface area (Å²) in [4.78, 5) is 14.2. The van der Waals surface area contributed by atoms with Crippen molar-refractivity contribution in [3.05, 3.63) is 53.4 Å². The molecular weight excluding hydrogens is 330 g/mol. The molecule has 2 amide bonds. The van der Waals surface area contributed by atoms with Gasteiger partial charge in [-0.15, -0.1) is 0 Å². The minimum absolute atomic E-state index is 0.0599. The van der Waals surface area contributed by atoms with E-state index in [0.29, 0.717) is 10.8 Å². The molecule has 1 aromatic heterocycles. The fourth-order valence-corrected chi connectivity index (χ4v) is 2.98. The first kappa shape index (κ1) is 16.7. The smallest absolute Gasteiger partial charge is 0.315 e. The monoisotopic (exact) mass is 349 g/mol. The Labute approximate surface area is 145 Å². The van der Waals surface area contributed by atoms with Crippen LogP contribution in [0, 0.1) is 0 Å². The van der Waals surface area contributed by atoms with Gasteiger partial charge < -0.3 is 25.1 Å². The fourth-order valence-electron chi connectivity index (χ4n) is 2.79. The van der Waals surface area contributed by atoms with E-state index in [1.165, 1.54) is 6.26 Å². The molecule has 6 nitrogen and oxygen atoms in total.